The molecule has 4 aromatic rings. The van der Waals surface area contributed by atoms with Gasteiger partial charge in [0, 0.05) is 16.5 Å². The zero-order valence-corrected chi connectivity index (χ0v) is 13.6. The van der Waals surface area contributed by atoms with E-state index in [1.165, 1.54) is 24.4 Å². The number of carboxylic acids is 1. The average molecular weight is 346 g/mol. The third-order valence-corrected chi connectivity index (χ3v) is 4.12. The van der Waals surface area contributed by atoms with Crippen LogP contribution >= 0.6 is 0 Å². The fourth-order valence-electron chi connectivity index (χ4n) is 2.90. The number of hydrogen-bond donors (Lipinski definition) is 0. The lowest BCUT2D eigenvalue weighted by atomic mass is 10.1. The number of carbonyl (C=O) groups is 1. The summed E-state index contributed by atoms with van der Waals surface area (Å²) in [5.74, 6) is -1.63. The normalized spacial score (nSPS) is 11.0. The van der Waals surface area contributed by atoms with Gasteiger partial charge in [-0.15, -0.1) is 0 Å². The molecule has 2 aromatic carbocycles. The van der Waals surface area contributed by atoms with Gasteiger partial charge in [0.15, 0.2) is 5.65 Å². The second kappa shape index (κ2) is 6.40. The van der Waals surface area contributed by atoms with Crippen LogP contribution in [-0.4, -0.2) is 20.7 Å². The van der Waals surface area contributed by atoms with Gasteiger partial charge in [-0.1, -0.05) is 42.5 Å². The lowest BCUT2D eigenvalue weighted by molar-refractivity contribution is -0.254. The first-order valence-electron chi connectivity index (χ1n) is 7.99. The van der Waals surface area contributed by atoms with Gasteiger partial charge < -0.3 is 9.90 Å². The molecule has 0 atom stereocenters. The van der Waals surface area contributed by atoms with E-state index in [0.717, 1.165) is 5.56 Å². The first kappa shape index (κ1) is 16.0. The molecule has 0 N–H and O–H groups in total. The third kappa shape index (κ3) is 2.93. The second-order valence-corrected chi connectivity index (χ2v) is 5.88. The molecule has 0 radical (unpaired) electrons. The van der Waals surface area contributed by atoms with Crippen LogP contribution in [0.1, 0.15) is 15.9 Å². The van der Waals surface area contributed by atoms with Gasteiger partial charge in [-0.3, -0.25) is 0 Å². The Kier molecular flexibility index (Phi) is 3.93. The summed E-state index contributed by atoms with van der Waals surface area (Å²) in [5, 5.41) is 16.2. The molecule has 0 bridgehead atoms. The van der Waals surface area contributed by atoms with Gasteiger partial charge >= 0.3 is 0 Å². The van der Waals surface area contributed by atoms with Crippen LogP contribution < -0.4 is 5.11 Å². The summed E-state index contributed by atoms with van der Waals surface area (Å²) in [6, 6.07) is 16.9. The molecule has 0 saturated carbocycles. The van der Waals surface area contributed by atoms with Crippen molar-refractivity contribution >= 4 is 17.0 Å². The van der Waals surface area contributed by atoms with Crippen LogP contribution in [0.5, 0.6) is 0 Å². The fraction of sp³-hybridized carbons (Fsp3) is 0.0500. The number of nitrogens with zero attached hydrogens (tertiary/aromatic N) is 3. The van der Waals surface area contributed by atoms with Crippen molar-refractivity contribution in [2.45, 2.75) is 6.54 Å². The van der Waals surface area contributed by atoms with E-state index < -0.39 is 5.97 Å². The molecule has 5 nitrogen and oxygen atoms in total. The summed E-state index contributed by atoms with van der Waals surface area (Å²) >= 11 is 0. The molecule has 2 heterocycles. The molecule has 0 saturated heterocycles. The van der Waals surface area contributed by atoms with Gasteiger partial charge in [0.1, 0.15) is 5.82 Å². The Labute approximate surface area is 148 Å². The highest BCUT2D eigenvalue weighted by atomic mass is 19.1. The quantitative estimate of drug-likeness (QED) is 0.570. The summed E-state index contributed by atoms with van der Waals surface area (Å²) in [5.41, 5.74) is 2.44. The van der Waals surface area contributed by atoms with E-state index in [1.807, 2.05) is 30.3 Å². The van der Waals surface area contributed by atoms with Crippen molar-refractivity contribution in [2.24, 2.45) is 0 Å². The maximum atomic E-state index is 13.4. The molecule has 0 unspecified atom stereocenters. The van der Waals surface area contributed by atoms with E-state index in [2.05, 4.69) is 10.1 Å². The molecule has 26 heavy (non-hydrogen) atoms. The van der Waals surface area contributed by atoms with Crippen molar-refractivity contribution in [3.63, 3.8) is 0 Å². The van der Waals surface area contributed by atoms with Crippen LogP contribution in [0.3, 0.4) is 0 Å². The minimum Gasteiger partial charge on any atom is -0.545 e. The number of pyridine rings is 1. The first-order chi connectivity index (χ1) is 12.6. The maximum Gasteiger partial charge on any atom is 0.159 e. The van der Waals surface area contributed by atoms with E-state index in [1.54, 1.807) is 16.8 Å². The Morgan fingerprint density at radius 2 is 1.88 bits per heavy atom. The number of aromatic carboxylic acids is 1. The number of halogens is 1. The van der Waals surface area contributed by atoms with Crippen LogP contribution in [0.15, 0.2) is 66.9 Å². The average Bonchev–Trinajstić information content (AvgIpc) is 3.04. The highest BCUT2D eigenvalue weighted by Gasteiger charge is 2.13. The minimum absolute atomic E-state index is 0.0272. The number of fused-ring (bicyclic) bond motifs is 1. The molecule has 128 valence electrons. The summed E-state index contributed by atoms with van der Waals surface area (Å²) in [4.78, 5) is 16.2. The van der Waals surface area contributed by atoms with Gasteiger partial charge in [-0.05, 0) is 23.8 Å². The van der Waals surface area contributed by atoms with Crippen molar-refractivity contribution in [3.8, 4) is 11.3 Å². The summed E-state index contributed by atoms with van der Waals surface area (Å²) in [6.07, 6.45) is 1.45. The lowest BCUT2D eigenvalue weighted by Gasteiger charge is -2.10. The van der Waals surface area contributed by atoms with E-state index in [9.17, 15) is 14.3 Å². The maximum absolute atomic E-state index is 13.4. The van der Waals surface area contributed by atoms with Gasteiger partial charge in [-0.25, -0.2) is 14.1 Å². The zero-order chi connectivity index (χ0) is 18.1. The number of hydrogen-bond acceptors (Lipinski definition) is 4. The van der Waals surface area contributed by atoms with E-state index in [0.29, 0.717) is 22.3 Å². The van der Waals surface area contributed by atoms with Crippen molar-refractivity contribution < 1.29 is 14.3 Å². The van der Waals surface area contributed by atoms with Crippen molar-refractivity contribution in [1.82, 2.24) is 14.8 Å². The molecule has 2 aromatic heterocycles. The fourth-order valence-corrected chi connectivity index (χ4v) is 2.90. The van der Waals surface area contributed by atoms with Gasteiger partial charge in [0.25, 0.3) is 0 Å². The van der Waals surface area contributed by atoms with Crippen LogP contribution in [0.2, 0.25) is 0 Å². The molecule has 0 amide bonds. The number of carboxylic acid groups (broad SMARTS) is 1. The molecule has 0 spiro atoms. The SMILES string of the molecule is O=C([O-])c1cc(-c2ccccc2)nc2c1cnn2Cc1cccc(F)c1. The van der Waals surface area contributed by atoms with Crippen LogP contribution in [-0.2, 0) is 6.54 Å². The molecule has 0 aliphatic carbocycles. The summed E-state index contributed by atoms with van der Waals surface area (Å²) in [7, 11) is 0. The van der Waals surface area contributed by atoms with E-state index >= 15 is 0 Å². The third-order valence-electron chi connectivity index (χ3n) is 4.12. The molecular formula is C20H13FN3O2-. The highest BCUT2D eigenvalue weighted by molar-refractivity contribution is 6.01. The Morgan fingerprint density at radius 1 is 1.08 bits per heavy atom. The standard InChI is InChI=1S/C20H14FN3O2/c21-15-8-4-5-13(9-15)12-24-19-17(11-22-24)16(20(25)26)10-18(23-19)14-6-2-1-3-7-14/h1-11H,12H2,(H,25,26)/p-1. The summed E-state index contributed by atoms with van der Waals surface area (Å²) < 4.78 is 15.0. The van der Waals surface area contributed by atoms with Crippen molar-refractivity contribution in [1.29, 1.82) is 0 Å². The predicted octanol–water partition coefficient (Wildman–Crippen LogP) is 2.65. The molecule has 4 rings (SSSR count). The van der Waals surface area contributed by atoms with Gasteiger partial charge in [0.2, 0.25) is 0 Å². The summed E-state index contributed by atoms with van der Waals surface area (Å²) in [6.45, 7) is 0.277. The Balaban J connectivity index is 1.87. The molecule has 0 aliphatic heterocycles. The minimum atomic E-state index is -1.29. The Morgan fingerprint density at radius 3 is 2.62 bits per heavy atom. The predicted molar refractivity (Wildman–Crippen MR) is 92.8 cm³/mol. The Bertz CT molecular complexity index is 1110. The molecule has 6 heteroatoms. The lowest BCUT2D eigenvalue weighted by Crippen LogP contribution is -2.22. The topological polar surface area (TPSA) is 70.8 Å². The number of carbonyl (C=O) groups excluding carboxylic acids is 1. The molecule has 0 aliphatic rings. The van der Waals surface area contributed by atoms with Gasteiger partial charge in [-0.2, -0.15) is 5.10 Å². The number of rotatable bonds is 4. The first-order valence-corrected chi connectivity index (χ1v) is 7.99. The van der Waals surface area contributed by atoms with E-state index in [-0.39, 0.29) is 17.9 Å². The zero-order valence-electron chi connectivity index (χ0n) is 13.6. The van der Waals surface area contributed by atoms with Crippen LogP contribution in [0, 0.1) is 5.82 Å². The Hall–Kier alpha value is -3.54. The van der Waals surface area contributed by atoms with Crippen LogP contribution in [0.4, 0.5) is 4.39 Å². The van der Waals surface area contributed by atoms with Gasteiger partial charge in [0.05, 0.1) is 24.4 Å². The van der Waals surface area contributed by atoms with Crippen LogP contribution in [0.25, 0.3) is 22.3 Å². The van der Waals surface area contributed by atoms with Crippen molar-refractivity contribution in [2.75, 3.05) is 0 Å². The second-order valence-electron chi connectivity index (χ2n) is 5.88. The highest BCUT2D eigenvalue weighted by Crippen LogP contribution is 2.25. The number of aromatic nitrogens is 3. The molecular weight excluding hydrogens is 333 g/mol. The van der Waals surface area contributed by atoms with Crippen molar-refractivity contribution in [3.05, 3.63) is 83.8 Å². The van der Waals surface area contributed by atoms with E-state index in [4.69, 9.17) is 0 Å². The molecule has 0 fully saturated rings. The largest absolute Gasteiger partial charge is 0.545 e. The number of benzene rings is 2. The monoisotopic (exact) mass is 346 g/mol. The smallest absolute Gasteiger partial charge is 0.159 e.